The second kappa shape index (κ2) is 9.36. The molecule has 0 saturated carbocycles. The number of ether oxygens (including phenoxy) is 1. The summed E-state index contributed by atoms with van der Waals surface area (Å²) in [5, 5.41) is 11.4. The van der Waals surface area contributed by atoms with Gasteiger partial charge in [0.05, 0.1) is 17.9 Å². The van der Waals surface area contributed by atoms with E-state index < -0.39 is 35.3 Å². The van der Waals surface area contributed by atoms with Crippen molar-refractivity contribution in [1.82, 2.24) is 4.98 Å². The maximum Gasteiger partial charge on any atom is 0.350 e. The van der Waals surface area contributed by atoms with Crippen molar-refractivity contribution in [3.8, 4) is 0 Å². The highest BCUT2D eigenvalue weighted by Gasteiger charge is 2.49. The van der Waals surface area contributed by atoms with Crippen LogP contribution in [-0.4, -0.2) is 34.4 Å². The average Bonchev–Trinajstić information content (AvgIpc) is 3.31. The smallest absolute Gasteiger partial charge is 0.350 e. The monoisotopic (exact) mass is 500 g/mol. The Hall–Kier alpha value is -3.56. The number of halogens is 2. The first-order valence-electron chi connectivity index (χ1n) is 10.2. The molecule has 0 radical (unpaired) electrons. The number of hydrogen-bond donors (Lipinski definition) is 1. The summed E-state index contributed by atoms with van der Waals surface area (Å²) < 4.78 is 20.0. The fourth-order valence-electron chi connectivity index (χ4n) is 3.66. The van der Waals surface area contributed by atoms with Crippen LogP contribution in [0.5, 0.6) is 0 Å². The number of hydrogen-bond acceptors (Lipinski definition) is 7. The molecule has 1 saturated heterocycles. The highest BCUT2D eigenvalue weighted by Crippen LogP contribution is 2.44. The maximum absolute atomic E-state index is 14.9. The quantitative estimate of drug-likeness (QED) is 0.228. The number of nitrogens with zero attached hydrogens (tertiary/aromatic N) is 2. The van der Waals surface area contributed by atoms with Gasteiger partial charge in [0.15, 0.2) is 5.13 Å². The highest BCUT2D eigenvalue weighted by molar-refractivity contribution is 7.17. The predicted octanol–water partition coefficient (Wildman–Crippen LogP) is 5.05. The zero-order valence-corrected chi connectivity index (χ0v) is 19.6. The molecule has 1 amide bonds. The fraction of sp³-hybridized carbons (Fsp3) is 0.167. The molecule has 34 heavy (non-hydrogen) atoms. The van der Waals surface area contributed by atoms with Gasteiger partial charge in [-0.05, 0) is 44.2 Å². The third-order valence-corrected chi connectivity index (χ3v) is 6.60. The van der Waals surface area contributed by atoms with Crippen LogP contribution >= 0.6 is 22.9 Å². The third-order valence-electron chi connectivity index (χ3n) is 5.21. The lowest BCUT2D eigenvalue weighted by atomic mass is 9.95. The minimum atomic E-state index is -1.31. The lowest BCUT2D eigenvalue weighted by molar-refractivity contribution is -0.132. The molecule has 1 aliphatic heterocycles. The van der Waals surface area contributed by atoms with Gasteiger partial charge >= 0.3 is 11.9 Å². The van der Waals surface area contributed by atoms with Gasteiger partial charge in [-0.3, -0.25) is 14.5 Å². The van der Waals surface area contributed by atoms with Crippen molar-refractivity contribution in [2.75, 3.05) is 11.5 Å². The predicted molar refractivity (Wildman–Crippen MR) is 125 cm³/mol. The molecule has 7 nitrogen and oxygen atoms in total. The van der Waals surface area contributed by atoms with Crippen molar-refractivity contribution in [2.24, 2.45) is 0 Å². The lowest BCUT2D eigenvalue weighted by Gasteiger charge is -2.23. The standard InChI is InChI=1S/C24H18ClFN2O5S/c1-3-33-23(32)21-12(2)27-24(34-21)28-18(15-6-4-5-7-16(15)26)17(20(30)22(28)31)19(29)13-8-10-14(25)11-9-13/h4-11,18,29H,3H2,1-2H3/t18-/m0/s1. The van der Waals surface area contributed by atoms with Crippen LogP contribution < -0.4 is 4.90 Å². The number of carbonyl (C=O) groups excluding carboxylic acids is 3. The van der Waals surface area contributed by atoms with E-state index in [9.17, 15) is 23.9 Å². The average molecular weight is 501 g/mol. The molecule has 1 atom stereocenters. The highest BCUT2D eigenvalue weighted by atomic mass is 35.5. The number of aromatic nitrogens is 1. The van der Waals surface area contributed by atoms with Crippen LogP contribution in [-0.2, 0) is 14.3 Å². The van der Waals surface area contributed by atoms with E-state index in [-0.39, 0.29) is 33.3 Å². The summed E-state index contributed by atoms with van der Waals surface area (Å²) in [5.41, 5.74) is 0.210. The molecule has 2 aromatic carbocycles. The van der Waals surface area contributed by atoms with Gasteiger partial charge in [0, 0.05) is 16.1 Å². The van der Waals surface area contributed by atoms with E-state index in [1.807, 2.05) is 0 Å². The van der Waals surface area contributed by atoms with Crippen LogP contribution in [0.2, 0.25) is 5.02 Å². The summed E-state index contributed by atoms with van der Waals surface area (Å²) in [6, 6.07) is 10.3. The molecule has 0 aliphatic carbocycles. The van der Waals surface area contributed by atoms with Crippen molar-refractivity contribution in [3.63, 3.8) is 0 Å². The number of anilines is 1. The van der Waals surface area contributed by atoms with E-state index in [0.29, 0.717) is 10.7 Å². The number of ketones is 1. The van der Waals surface area contributed by atoms with Gasteiger partial charge in [-0.1, -0.05) is 41.1 Å². The first-order chi connectivity index (χ1) is 16.2. The number of Topliss-reactive ketones (excluding diaryl/α,β-unsaturated/α-hetero) is 1. The topological polar surface area (TPSA) is 96.8 Å². The fourth-order valence-corrected chi connectivity index (χ4v) is 4.77. The molecule has 4 rings (SSSR count). The normalized spacial score (nSPS) is 17.3. The number of aliphatic hydroxyl groups excluding tert-OH is 1. The molecule has 0 unspecified atom stereocenters. The maximum atomic E-state index is 14.9. The van der Waals surface area contributed by atoms with Crippen LogP contribution in [0.1, 0.15) is 39.5 Å². The molecule has 2 heterocycles. The lowest BCUT2D eigenvalue weighted by Crippen LogP contribution is -2.29. The van der Waals surface area contributed by atoms with Crippen LogP contribution in [0.4, 0.5) is 9.52 Å². The van der Waals surface area contributed by atoms with Crippen molar-refractivity contribution in [2.45, 2.75) is 19.9 Å². The molecular weight excluding hydrogens is 483 g/mol. The Morgan fingerprint density at radius 3 is 2.53 bits per heavy atom. The Morgan fingerprint density at radius 1 is 1.21 bits per heavy atom. The SMILES string of the molecule is CCOC(=O)c1sc(N2C(=O)C(=O)C(=C(O)c3ccc(Cl)cc3)[C@@H]2c2ccccc2F)nc1C. The summed E-state index contributed by atoms with van der Waals surface area (Å²) in [4.78, 5) is 44.0. The number of benzene rings is 2. The van der Waals surface area contributed by atoms with E-state index >= 15 is 0 Å². The largest absolute Gasteiger partial charge is 0.507 e. The van der Waals surface area contributed by atoms with Gasteiger partial charge in [-0.15, -0.1) is 0 Å². The van der Waals surface area contributed by atoms with Crippen molar-refractivity contribution >= 4 is 51.5 Å². The molecule has 3 aromatic rings. The number of rotatable bonds is 5. The van der Waals surface area contributed by atoms with Crippen molar-refractivity contribution < 1.29 is 28.6 Å². The van der Waals surface area contributed by atoms with Crippen LogP contribution in [0.3, 0.4) is 0 Å². The number of thiazole rings is 1. The first-order valence-corrected chi connectivity index (χ1v) is 11.4. The Bertz CT molecular complexity index is 1340. The van der Waals surface area contributed by atoms with Crippen LogP contribution in [0.15, 0.2) is 54.1 Å². The first kappa shape index (κ1) is 23.6. The van der Waals surface area contributed by atoms with Gasteiger partial charge in [-0.2, -0.15) is 0 Å². The molecule has 0 bridgehead atoms. The second-order valence-electron chi connectivity index (χ2n) is 7.33. The molecular formula is C24H18ClFN2O5S. The number of carbonyl (C=O) groups is 3. The van der Waals surface area contributed by atoms with E-state index in [1.165, 1.54) is 42.5 Å². The van der Waals surface area contributed by atoms with Crippen molar-refractivity contribution in [3.05, 3.63) is 86.6 Å². The summed E-state index contributed by atoms with van der Waals surface area (Å²) in [6.07, 6.45) is 0. The minimum Gasteiger partial charge on any atom is -0.507 e. The molecule has 1 aliphatic rings. The molecule has 174 valence electrons. The summed E-state index contributed by atoms with van der Waals surface area (Å²) in [5.74, 6) is -3.80. The van der Waals surface area contributed by atoms with Gasteiger partial charge < -0.3 is 9.84 Å². The zero-order valence-electron chi connectivity index (χ0n) is 18.0. The summed E-state index contributed by atoms with van der Waals surface area (Å²) in [6.45, 7) is 3.36. The number of esters is 1. The Balaban J connectivity index is 1.93. The molecule has 0 spiro atoms. The summed E-state index contributed by atoms with van der Waals surface area (Å²) >= 11 is 6.77. The molecule has 1 fully saturated rings. The van der Waals surface area contributed by atoms with Gasteiger partial charge in [0.1, 0.15) is 22.5 Å². The zero-order chi connectivity index (χ0) is 24.6. The number of amides is 1. The Kier molecular flexibility index (Phi) is 6.49. The number of aryl methyl sites for hydroxylation is 1. The van der Waals surface area contributed by atoms with E-state index in [4.69, 9.17) is 16.3 Å². The summed E-state index contributed by atoms with van der Waals surface area (Å²) in [7, 11) is 0. The van der Waals surface area contributed by atoms with Gasteiger partial charge in [0.25, 0.3) is 5.78 Å². The second-order valence-corrected chi connectivity index (χ2v) is 8.74. The Labute approximate surface area is 203 Å². The van der Waals surface area contributed by atoms with E-state index in [1.54, 1.807) is 19.9 Å². The number of aliphatic hydroxyl groups is 1. The van der Waals surface area contributed by atoms with Crippen molar-refractivity contribution in [1.29, 1.82) is 0 Å². The van der Waals surface area contributed by atoms with Gasteiger partial charge in [-0.25, -0.2) is 14.2 Å². The minimum absolute atomic E-state index is 0.00561. The third kappa shape index (κ3) is 4.08. The molecule has 1 aromatic heterocycles. The Morgan fingerprint density at radius 2 is 1.88 bits per heavy atom. The van der Waals surface area contributed by atoms with E-state index in [2.05, 4.69) is 4.98 Å². The van der Waals surface area contributed by atoms with Crippen LogP contribution in [0, 0.1) is 12.7 Å². The van der Waals surface area contributed by atoms with Gasteiger partial charge in [0.2, 0.25) is 0 Å². The van der Waals surface area contributed by atoms with Crippen LogP contribution in [0.25, 0.3) is 5.76 Å². The molecule has 1 N–H and O–H groups in total. The van der Waals surface area contributed by atoms with E-state index in [0.717, 1.165) is 16.2 Å². The molecule has 10 heteroatoms.